The summed E-state index contributed by atoms with van der Waals surface area (Å²) in [6.45, 7) is 2.11. The number of unbranched alkanes of at least 4 members (excludes halogenated alkanes) is 1. The van der Waals surface area contributed by atoms with E-state index in [2.05, 4.69) is 6.92 Å². The van der Waals surface area contributed by atoms with Gasteiger partial charge in [-0.3, -0.25) is 4.31 Å². The number of nitrogens with zero attached hydrogens (tertiary/aromatic N) is 1. The number of hydrogen-bond acceptors (Lipinski definition) is 3. The molecule has 2 rings (SSSR count). The van der Waals surface area contributed by atoms with E-state index < -0.39 is 27.9 Å². The lowest BCUT2D eigenvalue weighted by atomic mass is 10.0. The van der Waals surface area contributed by atoms with Gasteiger partial charge in [0.1, 0.15) is 11.9 Å². The fraction of sp³-hybridized carbons (Fsp3) is 0.350. The Labute approximate surface area is 159 Å². The highest BCUT2D eigenvalue weighted by Crippen LogP contribution is 2.23. The van der Waals surface area contributed by atoms with Crippen LogP contribution in [0.25, 0.3) is 0 Å². The molecule has 0 aliphatic rings. The normalized spacial score (nSPS) is 12.6. The number of carbonyl (C=O) groups is 1. The first-order valence-electron chi connectivity index (χ1n) is 8.78. The van der Waals surface area contributed by atoms with E-state index in [0.29, 0.717) is 0 Å². The van der Waals surface area contributed by atoms with Gasteiger partial charge < -0.3 is 5.11 Å². The molecule has 0 aromatic heterocycles. The predicted octanol–water partition coefficient (Wildman–Crippen LogP) is 3.63. The Kier molecular flexibility index (Phi) is 6.96. The number of aliphatic carboxylic acids is 1. The van der Waals surface area contributed by atoms with Gasteiger partial charge >= 0.3 is 5.97 Å². The SMILES string of the molecule is CCCCc1ccc(C[C@@H](C(=O)O)N(c2ccc(F)cc2)S(C)(=O)=O)cc1. The molecule has 0 heterocycles. The summed E-state index contributed by atoms with van der Waals surface area (Å²) in [6.07, 6.45) is 4.06. The molecule has 5 nitrogen and oxygen atoms in total. The van der Waals surface area contributed by atoms with Crippen molar-refractivity contribution in [2.45, 2.75) is 38.6 Å². The molecule has 0 amide bonds. The number of carboxylic acid groups (broad SMARTS) is 1. The monoisotopic (exact) mass is 393 g/mol. The van der Waals surface area contributed by atoms with Gasteiger partial charge in [0, 0.05) is 6.42 Å². The predicted molar refractivity (Wildman–Crippen MR) is 104 cm³/mol. The van der Waals surface area contributed by atoms with Gasteiger partial charge in [-0.1, -0.05) is 37.6 Å². The lowest BCUT2D eigenvalue weighted by Gasteiger charge is -2.29. The number of aryl methyl sites for hydroxylation is 1. The second-order valence-electron chi connectivity index (χ2n) is 6.51. The number of carboxylic acids is 1. The van der Waals surface area contributed by atoms with Gasteiger partial charge in [0.05, 0.1) is 11.9 Å². The van der Waals surface area contributed by atoms with Crippen molar-refractivity contribution in [3.63, 3.8) is 0 Å². The summed E-state index contributed by atoms with van der Waals surface area (Å²) in [5.41, 5.74) is 2.00. The van der Waals surface area contributed by atoms with Crippen molar-refractivity contribution in [2.75, 3.05) is 10.6 Å². The van der Waals surface area contributed by atoms with E-state index in [0.717, 1.165) is 53.1 Å². The van der Waals surface area contributed by atoms with Gasteiger partial charge in [-0.15, -0.1) is 0 Å². The molecule has 27 heavy (non-hydrogen) atoms. The lowest BCUT2D eigenvalue weighted by molar-refractivity contribution is -0.138. The Morgan fingerprint density at radius 1 is 1.07 bits per heavy atom. The van der Waals surface area contributed by atoms with E-state index in [4.69, 9.17) is 0 Å². The molecule has 0 spiro atoms. The second-order valence-corrected chi connectivity index (χ2v) is 8.37. The molecule has 2 aromatic carbocycles. The molecule has 0 saturated heterocycles. The summed E-state index contributed by atoms with van der Waals surface area (Å²) < 4.78 is 38.6. The zero-order valence-corrected chi connectivity index (χ0v) is 16.2. The van der Waals surface area contributed by atoms with Crippen molar-refractivity contribution >= 4 is 21.7 Å². The summed E-state index contributed by atoms with van der Waals surface area (Å²) in [5, 5.41) is 9.67. The van der Waals surface area contributed by atoms with Gasteiger partial charge in [0.15, 0.2) is 0 Å². The molecule has 0 aliphatic heterocycles. The Morgan fingerprint density at radius 3 is 2.11 bits per heavy atom. The van der Waals surface area contributed by atoms with Crippen molar-refractivity contribution in [1.82, 2.24) is 0 Å². The van der Waals surface area contributed by atoms with Crippen molar-refractivity contribution in [3.8, 4) is 0 Å². The highest BCUT2D eigenvalue weighted by Gasteiger charge is 2.32. The molecular weight excluding hydrogens is 369 g/mol. The zero-order valence-electron chi connectivity index (χ0n) is 15.4. The van der Waals surface area contributed by atoms with Crippen LogP contribution >= 0.6 is 0 Å². The molecule has 0 saturated carbocycles. The molecule has 0 radical (unpaired) electrons. The molecule has 7 heteroatoms. The standard InChI is InChI=1S/C20H24FNO4S/c1-3-4-5-15-6-8-16(9-7-15)14-19(20(23)24)22(27(2,25)26)18-12-10-17(21)11-13-18/h6-13,19H,3-5,14H2,1-2H3,(H,23,24)/t19-/m0/s1. The Balaban J connectivity index is 2.32. The maximum absolute atomic E-state index is 13.2. The summed E-state index contributed by atoms with van der Waals surface area (Å²) in [5.74, 6) is -1.79. The van der Waals surface area contributed by atoms with Crippen LogP contribution in [0.15, 0.2) is 48.5 Å². The maximum atomic E-state index is 13.2. The smallest absolute Gasteiger partial charge is 0.327 e. The van der Waals surface area contributed by atoms with E-state index in [-0.39, 0.29) is 12.1 Å². The molecule has 0 aliphatic carbocycles. The minimum atomic E-state index is -3.89. The topological polar surface area (TPSA) is 74.7 Å². The van der Waals surface area contributed by atoms with E-state index in [1.807, 2.05) is 24.3 Å². The van der Waals surface area contributed by atoms with Crippen molar-refractivity contribution < 1.29 is 22.7 Å². The largest absolute Gasteiger partial charge is 0.480 e. The number of anilines is 1. The summed E-state index contributed by atoms with van der Waals surface area (Å²) in [6, 6.07) is 10.9. The highest BCUT2D eigenvalue weighted by atomic mass is 32.2. The first kappa shape index (κ1) is 20.9. The molecule has 1 N–H and O–H groups in total. The van der Waals surface area contributed by atoms with Crippen LogP contribution in [0.2, 0.25) is 0 Å². The van der Waals surface area contributed by atoms with E-state index in [1.165, 1.54) is 12.1 Å². The van der Waals surface area contributed by atoms with Gasteiger partial charge in [0.25, 0.3) is 0 Å². The third-order valence-electron chi connectivity index (χ3n) is 4.28. The Morgan fingerprint density at radius 2 is 1.63 bits per heavy atom. The zero-order chi connectivity index (χ0) is 20.0. The lowest BCUT2D eigenvalue weighted by Crippen LogP contribution is -2.46. The van der Waals surface area contributed by atoms with Crippen LogP contribution in [0.4, 0.5) is 10.1 Å². The van der Waals surface area contributed by atoms with Crippen LogP contribution in [-0.2, 0) is 27.7 Å². The Bertz CT molecular complexity index is 864. The van der Waals surface area contributed by atoms with Gasteiger partial charge in [-0.05, 0) is 48.2 Å². The Hall–Kier alpha value is -2.41. The molecule has 0 fully saturated rings. The molecule has 0 bridgehead atoms. The first-order chi connectivity index (χ1) is 12.7. The van der Waals surface area contributed by atoms with Crippen LogP contribution in [-0.4, -0.2) is 31.8 Å². The van der Waals surface area contributed by atoms with Gasteiger partial charge in [0.2, 0.25) is 10.0 Å². The molecular formula is C20H24FNO4S. The number of hydrogen-bond donors (Lipinski definition) is 1. The van der Waals surface area contributed by atoms with Gasteiger partial charge in [-0.2, -0.15) is 0 Å². The average molecular weight is 393 g/mol. The van der Waals surface area contributed by atoms with E-state index >= 15 is 0 Å². The first-order valence-corrected chi connectivity index (χ1v) is 10.6. The number of rotatable bonds is 9. The number of sulfonamides is 1. The minimum Gasteiger partial charge on any atom is -0.480 e. The summed E-state index contributed by atoms with van der Waals surface area (Å²) >= 11 is 0. The minimum absolute atomic E-state index is 0.00778. The van der Waals surface area contributed by atoms with Crippen molar-refractivity contribution in [1.29, 1.82) is 0 Å². The highest BCUT2D eigenvalue weighted by molar-refractivity contribution is 7.92. The fourth-order valence-electron chi connectivity index (χ4n) is 2.91. The van der Waals surface area contributed by atoms with E-state index in [1.54, 1.807) is 0 Å². The van der Waals surface area contributed by atoms with Crippen molar-refractivity contribution in [2.24, 2.45) is 0 Å². The second kappa shape index (κ2) is 8.99. The molecule has 2 aromatic rings. The quantitative estimate of drug-likeness (QED) is 0.706. The van der Waals surface area contributed by atoms with Crippen LogP contribution in [0, 0.1) is 5.82 Å². The summed E-state index contributed by atoms with van der Waals surface area (Å²) in [7, 11) is -3.89. The average Bonchev–Trinajstić information content (AvgIpc) is 2.61. The van der Waals surface area contributed by atoms with Crippen molar-refractivity contribution in [3.05, 3.63) is 65.5 Å². The third kappa shape index (κ3) is 5.79. The number of benzene rings is 2. The van der Waals surface area contributed by atoms with Crippen LogP contribution in [0.5, 0.6) is 0 Å². The number of halogens is 1. The maximum Gasteiger partial charge on any atom is 0.327 e. The third-order valence-corrected chi connectivity index (χ3v) is 5.46. The molecule has 0 unspecified atom stereocenters. The van der Waals surface area contributed by atoms with Gasteiger partial charge in [-0.25, -0.2) is 17.6 Å². The van der Waals surface area contributed by atoms with E-state index in [9.17, 15) is 22.7 Å². The van der Waals surface area contributed by atoms with Crippen LogP contribution in [0.3, 0.4) is 0 Å². The fourth-order valence-corrected chi connectivity index (χ4v) is 4.04. The summed E-state index contributed by atoms with van der Waals surface area (Å²) in [4.78, 5) is 11.9. The van der Waals surface area contributed by atoms with Crippen LogP contribution in [0.1, 0.15) is 30.9 Å². The molecule has 146 valence electrons. The van der Waals surface area contributed by atoms with Crippen LogP contribution < -0.4 is 4.31 Å². The molecule has 1 atom stereocenters.